The summed E-state index contributed by atoms with van der Waals surface area (Å²) in [5.74, 6) is 1.70. The number of para-hydroxylation sites is 2. The van der Waals surface area contributed by atoms with Gasteiger partial charge in [-0.2, -0.15) is 0 Å². The first-order valence-electron chi connectivity index (χ1n) is 18.6. The molecule has 5 rings (SSSR count). The van der Waals surface area contributed by atoms with Gasteiger partial charge in [0.05, 0.1) is 13.2 Å². The van der Waals surface area contributed by atoms with Gasteiger partial charge in [-0.3, -0.25) is 0 Å². The summed E-state index contributed by atoms with van der Waals surface area (Å²) in [6.45, 7) is 0.351. The minimum Gasteiger partial charge on any atom is -0.490 e. The van der Waals surface area contributed by atoms with Crippen LogP contribution in [-0.4, -0.2) is 36.6 Å². The highest BCUT2D eigenvalue weighted by molar-refractivity contribution is 5.77. The lowest BCUT2D eigenvalue weighted by molar-refractivity contribution is 0.194. The first-order valence-corrected chi connectivity index (χ1v) is 18.6. The van der Waals surface area contributed by atoms with Gasteiger partial charge >= 0.3 is 0 Å². The van der Waals surface area contributed by atoms with E-state index in [2.05, 4.69) is 84.9 Å². The van der Waals surface area contributed by atoms with Gasteiger partial charge in [0.2, 0.25) is 0 Å². The predicted octanol–water partition coefficient (Wildman–Crippen LogP) is 10.9. The van der Waals surface area contributed by atoms with Crippen molar-refractivity contribution in [3.05, 3.63) is 108 Å². The molecule has 0 heterocycles. The van der Waals surface area contributed by atoms with Crippen molar-refractivity contribution in [3.63, 3.8) is 0 Å². The molecule has 0 saturated heterocycles. The molecule has 48 heavy (non-hydrogen) atoms. The molecule has 4 aromatic rings. The number of ether oxygens (including phenoxy) is 2. The molecule has 0 amide bonds. The second-order valence-electron chi connectivity index (χ2n) is 13.4. The number of hydrogen-bond donors (Lipinski definition) is 2. The summed E-state index contributed by atoms with van der Waals surface area (Å²) < 4.78 is 13.2. The Morgan fingerprint density at radius 2 is 0.771 bits per heavy atom. The maximum atomic E-state index is 10.0. The molecule has 4 nitrogen and oxygen atoms in total. The van der Waals surface area contributed by atoms with Crippen LogP contribution in [0.25, 0.3) is 22.3 Å². The lowest BCUT2D eigenvalue weighted by Crippen LogP contribution is -2.30. The van der Waals surface area contributed by atoms with Crippen molar-refractivity contribution < 1.29 is 19.7 Å². The summed E-state index contributed by atoms with van der Waals surface area (Å²) in [4.78, 5) is 0. The average Bonchev–Trinajstić information content (AvgIpc) is 3.14. The SMILES string of the molecule is OCCOc1c(-c2ccccc2)cccc1C1(c2cccc(-c3ccccc3)c2OCCO)CCCCCCCCCCCCCCC1. The Morgan fingerprint density at radius 1 is 0.417 bits per heavy atom. The Labute approximate surface area is 289 Å². The third-order valence-electron chi connectivity index (χ3n) is 10.1. The van der Waals surface area contributed by atoms with Gasteiger partial charge in [0.15, 0.2) is 0 Å². The largest absolute Gasteiger partial charge is 0.490 e. The molecule has 0 unspecified atom stereocenters. The van der Waals surface area contributed by atoms with Crippen molar-refractivity contribution in [1.82, 2.24) is 0 Å². The molecular formula is C44H56O4. The summed E-state index contributed by atoms with van der Waals surface area (Å²) in [6, 6.07) is 34.1. The summed E-state index contributed by atoms with van der Waals surface area (Å²) in [5, 5.41) is 20.0. The fraction of sp³-hybridized carbons (Fsp3) is 0.455. The smallest absolute Gasteiger partial charge is 0.131 e. The highest BCUT2D eigenvalue weighted by Crippen LogP contribution is 2.52. The van der Waals surface area contributed by atoms with Crippen LogP contribution in [0.15, 0.2) is 97.1 Å². The van der Waals surface area contributed by atoms with E-state index in [1.165, 1.54) is 70.6 Å². The molecule has 0 bridgehead atoms. The summed E-state index contributed by atoms with van der Waals surface area (Å²) in [7, 11) is 0. The molecule has 0 atom stereocenters. The lowest BCUT2D eigenvalue weighted by atomic mass is 9.66. The van der Waals surface area contributed by atoms with Crippen LogP contribution >= 0.6 is 0 Å². The number of rotatable bonds is 10. The molecule has 1 aliphatic rings. The van der Waals surface area contributed by atoms with Crippen LogP contribution in [0, 0.1) is 0 Å². The first-order chi connectivity index (χ1) is 23.8. The minimum absolute atomic E-state index is 0.0517. The topological polar surface area (TPSA) is 58.9 Å². The van der Waals surface area contributed by atoms with Crippen LogP contribution in [0.2, 0.25) is 0 Å². The van der Waals surface area contributed by atoms with Gasteiger partial charge in [-0.15, -0.1) is 0 Å². The number of benzene rings is 4. The zero-order valence-electron chi connectivity index (χ0n) is 28.9. The van der Waals surface area contributed by atoms with Crippen molar-refractivity contribution in [1.29, 1.82) is 0 Å². The van der Waals surface area contributed by atoms with Crippen LogP contribution in [0.5, 0.6) is 11.5 Å². The van der Waals surface area contributed by atoms with E-state index >= 15 is 0 Å². The van der Waals surface area contributed by atoms with Gasteiger partial charge in [-0.1, -0.05) is 181 Å². The van der Waals surface area contributed by atoms with Gasteiger partial charge in [0.1, 0.15) is 24.7 Å². The van der Waals surface area contributed by atoms with Crippen LogP contribution in [0.4, 0.5) is 0 Å². The number of hydrogen-bond acceptors (Lipinski definition) is 4. The molecule has 4 heteroatoms. The van der Waals surface area contributed by atoms with Crippen LogP contribution < -0.4 is 9.47 Å². The van der Waals surface area contributed by atoms with Crippen molar-refractivity contribution in [2.24, 2.45) is 0 Å². The molecule has 0 spiro atoms. The zero-order valence-corrected chi connectivity index (χ0v) is 28.9. The first kappa shape index (κ1) is 35.7. The van der Waals surface area contributed by atoms with Crippen LogP contribution in [-0.2, 0) is 5.41 Å². The van der Waals surface area contributed by atoms with Crippen molar-refractivity contribution in [2.75, 3.05) is 26.4 Å². The fourth-order valence-electron chi connectivity index (χ4n) is 7.73. The lowest BCUT2D eigenvalue weighted by Gasteiger charge is -2.39. The van der Waals surface area contributed by atoms with E-state index in [-0.39, 0.29) is 26.4 Å². The Kier molecular flexibility index (Phi) is 14.4. The zero-order chi connectivity index (χ0) is 33.3. The molecule has 4 aromatic carbocycles. The van der Waals surface area contributed by atoms with E-state index < -0.39 is 5.41 Å². The molecule has 1 fully saturated rings. The standard InChI is InChI=1S/C44H56O4/c45-32-34-47-42-38(36-22-14-12-15-23-36)26-20-28-40(42)44(30-18-10-8-6-4-2-1-3-5-7-9-11-19-31-44)41-29-21-27-39(43(41)48-35-33-46)37-24-16-13-17-25-37/h12-17,20-29,45-46H,1-11,18-19,30-35H2. The molecule has 1 saturated carbocycles. The quantitative estimate of drug-likeness (QED) is 0.180. The maximum Gasteiger partial charge on any atom is 0.131 e. The summed E-state index contributed by atoms with van der Waals surface area (Å²) >= 11 is 0. The normalized spacial score (nSPS) is 16.6. The molecule has 0 radical (unpaired) electrons. The minimum atomic E-state index is -0.401. The summed E-state index contributed by atoms with van der Waals surface area (Å²) in [6.07, 6.45) is 18.4. The van der Waals surface area contributed by atoms with E-state index in [1.807, 2.05) is 12.1 Å². The van der Waals surface area contributed by atoms with Gasteiger partial charge in [0.25, 0.3) is 0 Å². The fourth-order valence-corrected chi connectivity index (χ4v) is 7.73. The second kappa shape index (κ2) is 19.4. The van der Waals surface area contributed by atoms with Gasteiger partial charge in [0, 0.05) is 27.7 Å². The van der Waals surface area contributed by atoms with Crippen LogP contribution in [0.1, 0.15) is 107 Å². The van der Waals surface area contributed by atoms with Gasteiger partial charge < -0.3 is 19.7 Å². The Balaban J connectivity index is 1.73. The summed E-state index contributed by atoms with van der Waals surface area (Å²) in [5.41, 5.74) is 6.23. The maximum absolute atomic E-state index is 10.0. The third kappa shape index (κ3) is 9.30. The van der Waals surface area contributed by atoms with E-state index in [9.17, 15) is 10.2 Å². The van der Waals surface area contributed by atoms with Crippen LogP contribution in [0.3, 0.4) is 0 Å². The second-order valence-corrected chi connectivity index (χ2v) is 13.4. The van der Waals surface area contributed by atoms with Crippen molar-refractivity contribution in [3.8, 4) is 33.8 Å². The molecule has 256 valence electrons. The molecule has 0 aliphatic heterocycles. The van der Waals surface area contributed by atoms with Gasteiger partial charge in [-0.05, 0) is 24.0 Å². The highest BCUT2D eigenvalue weighted by atomic mass is 16.5. The average molecular weight is 649 g/mol. The third-order valence-corrected chi connectivity index (χ3v) is 10.1. The highest BCUT2D eigenvalue weighted by Gasteiger charge is 2.40. The molecular weight excluding hydrogens is 592 g/mol. The number of aliphatic hydroxyl groups is 2. The van der Waals surface area contributed by atoms with E-state index in [0.717, 1.165) is 70.6 Å². The number of aliphatic hydroxyl groups excluding tert-OH is 2. The monoisotopic (exact) mass is 648 g/mol. The van der Waals surface area contributed by atoms with E-state index in [1.54, 1.807) is 0 Å². The molecule has 1 aliphatic carbocycles. The predicted molar refractivity (Wildman–Crippen MR) is 199 cm³/mol. The van der Waals surface area contributed by atoms with E-state index in [4.69, 9.17) is 9.47 Å². The molecule has 0 aromatic heterocycles. The molecule has 2 N–H and O–H groups in total. The van der Waals surface area contributed by atoms with Crippen molar-refractivity contribution >= 4 is 0 Å². The Morgan fingerprint density at radius 3 is 1.12 bits per heavy atom. The Hall–Kier alpha value is -3.60. The Bertz CT molecular complexity index is 1370. The van der Waals surface area contributed by atoms with E-state index in [0.29, 0.717) is 0 Å². The van der Waals surface area contributed by atoms with Gasteiger partial charge in [-0.25, -0.2) is 0 Å². The van der Waals surface area contributed by atoms with Crippen molar-refractivity contribution in [2.45, 2.75) is 102 Å².